The summed E-state index contributed by atoms with van der Waals surface area (Å²) in [5, 5.41) is 4.16. The van der Waals surface area contributed by atoms with Gasteiger partial charge in [-0.15, -0.1) is 0 Å². The van der Waals surface area contributed by atoms with Crippen LogP contribution in [0.5, 0.6) is 0 Å². The molecule has 0 saturated carbocycles. The van der Waals surface area contributed by atoms with Gasteiger partial charge in [0.15, 0.2) is 5.69 Å². The third kappa shape index (κ3) is 4.81. The second kappa shape index (κ2) is 7.99. The highest BCUT2D eigenvalue weighted by Gasteiger charge is 2.30. The zero-order chi connectivity index (χ0) is 19.3. The number of rotatable bonds is 5. The molecule has 0 aliphatic carbocycles. The number of alkyl halides is 3. The van der Waals surface area contributed by atoms with E-state index in [-0.39, 0.29) is 23.0 Å². The first-order chi connectivity index (χ1) is 12.2. The molecule has 1 heterocycles. The molecule has 2 N–H and O–H groups in total. The van der Waals surface area contributed by atoms with Gasteiger partial charge in [0.2, 0.25) is 5.43 Å². The largest absolute Gasteiger partial charge is 0.416 e. The van der Waals surface area contributed by atoms with Crippen LogP contribution in [0.25, 0.3) is 5.69 Å². The molecule has 0 saturated heterocycles. The number of allylic oxidation sites excluding steroid dienone is 1. The van der Waals surface area contributed by atoms with Gasteiger partial charge in [0.05, 0.1) is 17.0 Å². The molecule has 2 rings (SSSR count). The highest BCUT2D eigenvalue weighted by atomic mass is 19.4. The van der Waals surface area contributed by atoms with Crippen LogP contribution in [0.4, 0.5) is 13.2 Å². The number of aliphatic imine (C=N–C) groups is 1. The third-order valence-corrected chi connectivity index (χ3v) is 3.37. The van der Waals surface area contributed by atoms with Crippen molar-refractivity contribution in [3.05, 3.63) is 70.3 Å². The van der Waals surface area contributed by atoms with E-state index in [1.165, 1.54) is 41.4 Å². The van der Waals surface area contributed by atoms with Gasteiger partial charge in [-0.1, -0.05) is 19.9 Å². The topological polar surface area (TPSA) is 73.3 Å². The lowest BCUT2D eigenvalue weighted by atomic mass is 10.2. The Kier molecular flexibility index (Phi) is 5.97. The fraction of sp³-hybridized carbons (Fsp3) is 0.278. The smallest absolute Gasteiger partial charge is 0.405 e. The van der Waals surface area contributed by atoms with Crippen LogP contribution in [0.2, 0.25) is 0 Å². The summed E-state index contributed by atoms with van der Waals surface area (Å²) in [6.45, 7) is 4.39. The predicted molar refractivity (Wildman–Crippen MR) is 94.4 cm³/mol. The van der Waals surface area contributed by atoms with Crippen molar-refractivity contribution in [3.63, 3.8) is 0 Å². The number of nitrogens with zero attached hydrogens (tertiary/aromatic N) is 3. The molecule has 26 heavy (non-hydrogen) atoms. The molecule has 1 aromatic carbocycles. The quantitative estimate of drug-likeness (QED) is 0.828. The lowest BCUT2D eigenvalue weighted by Crippen LogP contribution is -2.21. The molecule has 1 aromatic heterocycles. The van der Waals surface area contributed by atoms with Crippen molar-refractivity contribution in [1.82, 2.24) is 9.78 Å². The molecular formula is C18H19F3N4O. The number of aromatic nitrogens is 2. The SMILES string of the molecule is CC(C)CN=C(C=CN)c1nn(-c2cccc(C(F)(F)F)c2)ccc1=O. The van der Waals surface area contributed by atoms with E-state index in [0.717, 1.165) is 12.1 Å². The maximum atomic E-state index is 12.9. The molecule has 0 atom stereocenters. The second-order valence-corrected chi connectivity index (χ2v) is 6.00. The maximum absolute atomic E-state index is 12.9. The van der Waals surface area contributed by atoms with Gasteiger partial charge >= 0.3 is 6.18 Å². The summed E-state index contributed by atoms with van der Waals surface area (Å²) in [6.07, 6.45) is -0.470. The van der Waals surface area contributed by atoms with Crippen LogP contribution in [0, 0.1) is 5.92 Å². The summed E-state index contributed by atoms with van der Waals surface area (Å²) in [5.74, 6) is 0.255. The minimum atomic E-state index is -4.47. The number of hydrogen-bond acceptors (Lipinski definition) is 4. The van der Waals surface area contributed by atoms with Gasteiger partial charge in [-0.3, -0.25) is 9.79 Å². The molecular weight excluding hydrogens is 345 g/mol. The van der Waals surface area contributed by atoms with Crippen molar-refractivity contribution in [2.45, 2.75) is 20.0 Å². The molecule has 0 bridgehead atoms. The third-order valence-electron chi connectivity index (χ3n) is 3.37. The van der Waals surface area contributed by atoms with Gasteiger partial charge in [0.25, 0.3) is 0 Å². The summed E-state index contributed by atoms with van der Waals surface area (Å²) in [5.41, 5.74) is 4.71. The molecule has 2 aromatic rings. The van der Waals surface area contributed by atoms with Crippen LogP contribution >= 0.6 is 0 Å². The highest BCUT2D eigenvalue weighted by molar-refractivity contribution is 6.07. The lowest BCUT2D eigenvalue weighted by molar-refractivity contribution is -0.137. The minimum Gasteiger partial charge on any atom is -0.405 e. The van der Waals surface area contributed by atoms with Gasteiger partial charge in [-0.2, -0.15) is 18.3 Å². The number of hydrogen-bond donors (Lipinski definition) is 1. The molecule has 138 valence electrons. The van der Waals surface area contributed by atoms with Crippen LogP contribution < -0.4 is 11.2 Å². The highest BCUT2D eigenvalue weighted by Crippen LogP contribution is 2.30. The zero-order valence-corrected chi connectivity index (χ0v) is 14.4. The number of benzene rings is 1. The molecule has 8 heteroatoms. The van der Waals surface area contributed by atoms with Crippen LogP contribution in [0.15, 0.2) is 58.6 Å². The van der Waals surface area contributed by atoms with E-state index in [1.807, 2.05) is 13.8 Å². The Hall–Kier alpha value is -2.90. The van der Waals surface area contributed by atoms with E-state index >= 15 is 0 Å². The van der Waals surface area contributed by atoms with Gasteiger partial charge in [0, 0.05) is 18.8 Å². The van der Waals surface area contributed by atoms with Crippen LogP contribution in [0.1, 0.15) is 25.1 Å². The van der Waals surface area contributed by atoms with E-state index in [0.29, 0.717) is 6.54 Å². The van der Waals surface area contributed by atoms with E-state index in [9.17, 15) is 18.0 Å². The summed E-state index contributed by atoms with van der Waals surface area (Å²) >= 11 is 0. The predicted octanol–water partition coefficient (Wildman–Crippen LogP) is 3.17. The summed E-state index contributed by atoms with van der Waals surface area (Å²) < 4.78 is 39.9. The minimum absolute atomic E-state index is 0.0206. The standard InChI is InChI=1S/C18H19F3N4O/c1-12(2)11-23-15(6-8-22)17-16(26)7-9-25(24-17)14-5-3-4-13(10-14)18(19,20)21/h3-10,12H,11,22H2,1-2H3. The molecule has 0 spiro atoms. The average molecular weight is 364 g/mol. The molecule has 0 amide bonds. The van der Waals surface area contributed by atoms with Gasteiger partial charge < -0.3 is 5.73 Å². The fourth-order valence-electron chi connectivity index (χ4n) is 2.13. The van der Waals surface area contributed by atoms with E-state index in [1.54, 1.807) is 0 Å². The van der Waals surface area contributed by atoms with E-state index in [2.05, 4.69) is 10.1 Å². The van der Waals surface area contributed by atoms with Crippen molar-refractivity contribution < 1.29 is 13.2 Å². The first-order valence-electron chi connectivity index (χ1n) is 7.93. The summed E-state index contributed by atoms with van der Waals surface area (Å²) in [7, 11) is 0. The number of halogens is 3. The van der Waals surface area contributed by atoms with Crippen molar-refractivity contribution in [1.29, 1.82) is 0 Å². The molecule has 0 unspecified atom stereocenters. The molecule has 0 aliphatic heterocycles. The molecule has 0 aliphatic rings. The second-order valence-electron chi connectivity index (χ2n) is 6.00. The zero-order valence-electron chi connectivity index (χ0n) is 14.4. The molecule has 0 radical (unpaired) electrons. The van der Waals surface area contributed by atoms with E-state index < -0.39 is 17.2 Å². The van der Waals surface area contributed by atoms with Crippen molar-refractivity contribution in [3.8, 4) is 5.69 Å². The first-order valence-corrected chi connectivity index (χ1v) is 7.93. The maximum Gasteiger partial charge on any atom is 0.416 e. The Bertz CT molecular complexity index is 882. The van der Waals surface area contributed by atoms with Gasteiger partial charge in [0.1, 0.15) is 0 Å². The first kappa shape index (κ1) is 19.4. The fourth-order valence-corrected chi connectivity index (χ4v) is 2.13. The Morgan fingerprint density at radius 1 is 1.35 bits per heavy atom. The Balaban J connectivity index is 2.53. The van der Waals surface area contributed by atoms with E-state index in [4.69, 9.17) is 5.73 Å². The summed E-state index contributed by atoms with van der Waals surface area (Å²) in [4.78, 5) is 16.5. The van der Waals surface area contributed by atoms with Crippen molar-refractivity contribution >= 4 is 5.71 Å². The van der Waals surface area contributed by atoms with Gasteiger partial charge in [-0.05, 0) is 36.4 Å². The van der Waals surface area contributed by atoms with Crippen LogP contribution in [-0.2, 0) is 6.18 Å². The average Bonchev–Trinajstić information content (AvgIpc) is 2.58. The number of nitrogens with two attached hydrogens (primary N) is 1. The lowest BCUT2D eigenvalue weighted by Gasteiger charge is -2.11. The monoisotopic (exact) mass is 364 g/mol. The Morgan fingerprint density at radius 2 is 2.08 bits per heavy atom. The summed E-state index contributed by atoms with van der Waals surface area (Å²) in [6, 6.07) is 5.92. The van der Waals surface area contributed by atoms with Gasteiger partial charge in [-0.25, -0.2) is 4.68 Å². The normalized spacial score (nSPS) is 12.9. The Morgan fingerprint density at radius 3 is 2.69 bits per heavy atom. The van der Waals surface area contributed by atoms with Crippen molar-refractivity contribution in [2.75, 3.05) is 6.54 Å². The molecule has 0 fully saturated rings. The van der Waals surface area contributed by atoms with Crippen LogP contribution in [-0.4, -0.2) is 22.0 Å². The van der Waals surface area contributed by atoms with Crippen LogP contribution in [0.3, 0.4) is 0 Å². The molecule has 5 nitrogen and oxygen atoms in total. The Labute approximate surface area is 148 Å². The van der Waals surface area contributed by atoms with Crippen molar-refractivity contribution in [2.24, 2.45) is 16.6 Å².